The first-order valence-electron chi connectivity index (χ1n) is 5.91. The SMILES string of the molecule is Cl.Cl.O=C(OCCOC(=O)c1ccncc1)c1ccncc1. The zero-order chi connectivity index (χ0) is 14.2. The van der Waals surface area contributed by atoms with E-state index in [4.69, 9.17) is 9.47 Å². The highest BCUT2D eigenvalue weighted by atomic mass is 35.5. The molecule has 2 aromatic heterocycles. The van der Waals surface area contributed by atoms with Crippen molar-refractivity contribution in [3.05, 3.63) is 60.2 Å². The lowest BCUT2D eigenvalue weighted by Gasteiger charge is -2.06. The van der Waals surface area contributed by atoms with Crippen molar-refractivity contribution in [2.75, 3.05) is 13.2 Å². The fourth-order valence-corrected chi connectivity index (χ4v) is 1.41. The van der Waals surface area contributed by atoms with Crippen LogP contribution in [0.3, 0.4) is 0 Å². The van der Waals surface area contributed by atoms with E-state index in [-0.39, 0.29) is 38.0 Å². The van der Waals surface area contributed by atoms with Crippen molar-refractivity contribution in [3.63, 3.8) is 0 Å². The molecule has 0 radical (unpaired) electrons. The first-order chi connectivity index (χ1) is 9.77. The van der Waals surface area contributed by atoms with Gasteiger partial charge in [0.2, 0.25) is 0 Å². The standard InChI is InChI=1S/C14H12N2O4.2ClH/c17-13(11-1-5-15-6-2-11)19-9-10-20-14(18)12-3-7-16-8-4-12;;/h1-8H,9-10H2;2*1H. The maximum absolute atomic E-state index is 11.6. The molecule has 0 N–H and O–H groups in total. The molecule has 22 heavy (non-hydrogen) atoms. The molecule has 0 saturated carbocycles. The van der Waals surface area contributed by atoms with Gasteiger partial charge in [0.05, 0.1) is 11.1 Å². The third-order valence-corrected chi connectivity index (χ3v) is 2.38. The number of rotatable bonds is 5. The summed E-state index contributed by atoms with van der Waals surface area (Å²) >= 11 is 0. The van der Waals surface area contributed by atoms with E-state index in [1.165, 1.54) is 24.8 Å². The molecule has 0 spiro atoms. The maximum Gasteiger partial charge on any atom is 0.338 e. The van der Waals surface area contributed by atoms with Gasteiger partial charge >= 0.3 is 11.9 Å². The Bertz CT molecular complexity index is 528. The van der Waals surface area contributed by atoms with Crippen molar-refractivity contribution in [1.82, 2.24) is 9.97 Å². The topological polar surface area (TPSA) is 78.4 Å². The van der Waals surface area contributed by atoms with Crippen LogP contribution in [-0.2, 0) is 9.47 Å². The summed E-state index contributed by atoms with van der Waals surface area (Å²) in [5, 5.41) is 0. The smallest absolute Gasteiger partial charge is 0.338 e. The molecule has 0 atom stereocenters. The Morgan fingerprint density at radius 2 is 1.05 bits per heavy atom. The predicted octanol–water partition coefficient (Wildman–Crippen LogP) is 2.33. The van der Waals surface area contributed by atoms with Crippen LogP contribution in [0.4, 0.5) is 0 Å². The summed E-state index contributed by atoms with van der Waals surface area (Å²) in [6.07, 6.45) is 6.00. The largest absolute Gasteiger partial charge is 0.458 e. The van der Waals surface area contributed by atoms with Gasteiger partial charge in [0, 0.05) is 24.8 Å². The van der Waals surface area contributed by atoms with Crippen molar-refractivity contribution >= 4 is 36.8 Å². The van der Waals surface area contributed by atoms with Crippen LogP contribution >= 0.6 is 24.8 Å². The van der Waals surface area contributed by atoms with E-state index in [1.54, 1.807) is 24.3 Å². The molecular formula is C14H14Cl2N2O4. The van der Waals surface area contributed by atoms with Crippen LogP contribution in [0.1, 0.15) is 20.7 Å². The normalized spacial score (nSPS) is 8.91. The maximum atomic E-state index is 11.6. The Morgan fingerprint density at radius 3 is 1.36 bits per heavy atom. The van der Waals surface area contributed by atoms with Crippen molar-refractivity contribution in [1.29, 1.82) is 0 Å². The Labute approximate surface area is 139 Å². The minimum atomic E-state index is -0.479. The number of hydrogen-bond donors (Lipinski definition) is 0. The van der Waals surface area contributed by atoms with Crippen LogP contribution in [0.5, 0.6) is 0 Å². The highest BCUT2D eigenvalue weighted by molar-refractivity contribution is 5.89. The van der Waals surface area contributed by atoms with Gasteiger partial charge < -0.3 is 9.47 Å². The van der Waals surface area contributed by atoms with Crippen LogP contribution in [0.25, 0.3) is 0 Å². The number of halogens is 2. The molecule has 8 heteroatoms. The Morgan fingerprint density at radius 1 is 0.727 bits per heavy atom. The average molecular weight is 345 g/mol. The summed E-state index contributed by atoms with van der Waals surface area (Å²) in [5.74, 6) is -0.959. The fraction of sp³-hybridized carbons (Fsp3) is 0.143. The number of ether oxygens (including phenoxy) is 2. The van der Waals surface area contributed by atoms with E-state index in [0.717, 1.165) is 0 Å². The van der Waals surface area contributed by atoms with Crippen LogP contribution in [0.2, 0.25) is 0 Å². The molecule has 2 heterocycles. The van der Waals surface area contributed by atoms with E-state index >= 15 is 0 Å². The van der Waals surface area contributed by atoms with Crippen LogP contribution < -0.4 is 0 Å². The van der Waals surface area contributed by atoms with Crippen molar-refractivity contribution < 1.29 is 19.1 Å². The second-order valence-corrected chi connectivity index (χ2v) is 3.74. The van der Waals surface area contributed by atoms with Crippen LogP contribution in [-0.4, -0.2) is 35.1 Å². The molecule has 2 aromatic rings. The van der Waals surface area contributed by atoms with Gasteiger partial charge in [0.15, 0.2) is 0 Å². The first kappa shape index (κ1) is 19.8. The summed E-state index contributed by atoms with van der Waals surface area (Å²) in [7, 11) is 0. The summed E-state index contributed by atoms with van der Waals surface area (Å²) in [4.78, 5) is 30.7. The molecular weight excluding hydrogens is 331 g/mol. The second-order valence-electron chi connectivity index (χ2n) is 3.74. The first-order valence-corrected chi connectivity index (χ1v) is 5.91. The van der Waals surface area contributed by atoms with Crippen molar-refractivity contribution in [2.45, 2.75) is 0 Å². The average Bonchev–Trinajstić information content (AvgIpc) is 2.53. The number of hydrogen-bond acceptors (Lipinski definition) is 6. The number of carbonyl (C=O) groups is 2. The lowest BCUT2D eigenvalue weighted by Crippen LogP contribution is -2.14. The monoisotopic (exact) mass is 344 g/mol. The predicted molar refractivity (Wildman–Crippen MR) is 83.5 cm³/mol. The number of aromatic nitrogens is 2. The molecule has 0 aliphatic heterocycles. The molecule has 2 rings (SSSR count). The van der Waals surface area contributed by atoms with E-state index in [1.807, 2.05) is 0 Å². The Kier molecular flexibility index (Phi) is 9.49. The third-order valence-electron chi connectivity index (χ3n) is 2.38. The Balaban J connectivity index is 0.00000220. The van der Waals surface area contributed by atoms with E-state index in [2.05, 4.69) is 9.97 Å². The second kappa shape index (κ2) is 10.5. The van der Waals surface area contributed by atoms with E-state index in [0.29, 0.717) is 11.1 Å². The highest BCUT2D eigenvalue weighted by Gasteiger charge is 2.08. The minimum Gasteiger partial charge on any atom is -0.458 e. The third kappa shape index (κ3) is 6.07. The zero-order valence-electron chi connectivity index (χ0n) is 11.4. The number of pyridine rings is 2. The molecule has 0 unspecified atom stereocenters. The highest BCUT2D eigenvalue weighted by Crippen LogP contribution is 2.01. The summed E-state index contributed by atoms with van der Waals surface area (Å²) < 4.78 is 9.92. The molecule has 0 saturated heterocycles. The molecule has 0 aliphatic carbocycles. The van der Waals surface area contributed by atoms with Gasteiger partial charge in [-0.15, -0.1) is 24.8 Å². The number of nitrogens with zero attached hydrogens (tertiary/aromatic N) is 2. The lowest BCUT2D eigenvalue weighted by atomic mass is 10.3. The zero-order valence-corrected chi connectivity index (χ0v) is 13.0. The summed E-state index contributed by atoms with van der Waals surface area (Å²) in [6.45, 7) is -0.00401. The summed E-state index contributed by atoms with van der Waals surface area (Å²) in [5.41, 5.74) is 0.806. The number of esters is 2. The van der Waals surface area contributed by atoms with Crippen LogP contribution in [0.15, 0.2) is 49.1 Å². The van der Waals surface area contributed by atoms with E-state index in [9.17, 15) is 9.59 Å². The minimum absolute atomic E-state index is 0. The lowest BCUT2D eigenvalue weighted by molar-refractivity contribution is 0.0265. The fourth-order valence-electron chi connectivity index (χ4n) is 1.41. The van der Waals surface area contributed by atoms with Crippen LogP contribution in [0, 0.1) is 0 Å². The van der Waals surface area contributed by atoms with Gasteiger partial charge in [-0.1, -0.05) is 0 Å². The molecule has 0 amide bonds. The van der Waals surface area contributed by atoms with Gasteiger partial charge in [0.1, 0.15) is 13.2 Å². The summed E-state index contributed by atoms with van der Waals surface area (Å²) in [6, 6.07) is 6.19. The molecule has 0 aliphatic rings. The van der Waals surface area contributed by atoms with Gasteiger partial charge in [-0.3, -0.25) is 9.97 Å². The van der Waals surface area contributed by atoms with E-state index < -0.39 is 11.9 Å². The van der Waals surface area contributed by atoms with Crippen molar-refractivity contribution in [3.8, 4) is 0 Å². The van der Waals surface area contributed by atoms with Gasteiger partial charge in [0.25, 0.3) is 0 Å². The number of carbonyl (C=O) groups excluding carboxylic acids is 2. The molecule has 0 bridgehead atoms. The molecule has 118 valence electrons. The molecule has 0 fully saturated rings. The quantitative estimate of drug-likeness (QED) is 0.611. The van der Waals surface area contributed by atoms with Gasteiger partial charge in [-0.25, -0.2) is 9.59 Å². The molecule has 6 nitrogen and oxygen atoms in total. The van der Waals surface area contributed by atoms with Gasteiger partial charge in [-0.2, -0.15) is 0 Å². The Hall–Kier alpha value is -2.18. The molecule has 0 aromatic carbocycles. The van der Waals surface area contributed by atoms with Crippen molar-refractivity contribution in [2.24, 2.45) is 0 Å². The van der Waals surface area contributed by atoms with Gasteiger partial charge in [-0.05, 0) is 24.3 Å².